The molecule has 0 aliphatic carbocycles. The second-order valence-electron chi connectivity index (χ2n) is 4.11. The second-order valence-corrected chi connectivity index (χ2v) is 6.70. The van der Waals surface area contributed by atoms with E-state index in [1.54, 1.807) is 24.3 Å². The number of nitrogens with two attached hydrogens (primary N) is 1. The number of halogens is 2. The molecule has 0 aliphatic heterocycles. The minimum absolute atomic E-state index is 0.0819. The van der Waals surface area contributed by atoms with Gasteiger partial charge in [-0.25, -0.2) is 17.5 Å². The summed E-state index contributed by atoms with van der Waals surface area (Å²) in [4.78, 5) is -0.464. The molecule has 0 unspecified atom stereocenters. The van der Waals surface area contributed by atoms with Gasteiger partial charge in [-0.05, 0) is 33.6 Å². The standard InChI is InChI=1S/C13H12BrFN2O2S/c14-10-6-11(15)13(7-12(10)16)20(18,19)17-8-9-4-2-1-3-5-9/h1-7,17H,8,16H2. The van der Waals surface area contributed by atoms with Crippen molar-refractivity contribution in [2.24, 2.45) is 0 Å². The molecular weight excluding hydrogens is 347 g/mol. The first kappa shape index (κ1) is 15.0. The average Bonchev–Trinajstić information content (AvgIpc) is 2.42. The van der Waals surface area contributed by atoms with Gasteiger partial charge in [-0.2, -0.15) is 0 Å². The second kappa shape index (κ2) is 5.90. The van der Waals surface area contributed by atoms with E-state index in [-0.39, 0.29) is 12.2 Å². The van der Waals surface area contributed by atoms with Crippen molar-refractivity contribution in [3.63, 3.8) is 0 Å². The zero-order valence-corrected chi connectivity index (χ0v) is 12.7. The summed E-state index contributed by atoms with van der Waals surface area (Å²) < 4.78 is 40.5. The Morgan fingerprint density at radius 2 is 1.85 bits per heavy atom. The third-order valence-electron chi connectivity index (χ3n) is 2.65. The van der Waals surface area contributed by atoms with E-state index in [1.165, 1.54) is 0 Å². The summed E-state index contributed by atoms with van der Waals surface area (Å²) in [6, 6.07) is 11.1. The quantitative estimate of drug-likeness (QED) is 0.825. The molecule has 0 radical (unpaired) electrons. The lowest BCUT2D eigenvalue weighted by molar-refractivity contribution is 0.556. The molecule has 0 atom stereocenters. The molecule has 0 heterocycles. The first-order chi connectivity index (χ1) is 9.40. The summed E-state index contributed by atoms with van der Waals surface area (Å²) in [7, 11) is -3.95. The molecule has 2 aromatic rings. The van der Waals surface area contributed by atoms with Crippen LogP contribution in [0.4, 0.5) is 10.1 Å². The van der Waals surface area contributed by atoms with E-state index in [2.05, 4.69) is 20.7 Å². The van der Waals surface area contributed by atoms with Gasteiger partial charge in [-0.3, -0.25) is 0 Å². The van der Waals surface area contributed by atoms with Crippen LogP contribution in [0.3, 0.4) is 0 Å². The van der Waals surface area contributed by atoms with Crippen molar-refractivity contribution < 1.29 is 12.8 Å². The fourth-order valence-electron chi connectivity index (χ4n) is 1.60. The smallest absolute Gasteiger partial charge is 0.243 e. The van der Waals surface area contributed by atoms with Crippen LogP contribution in [0.2, 0.25) is 0 Å². The number of nitrogen functional groups attached to an aromatic ring is 1. The minimum Gasteiger partial charge on any atom is -0.398 e. The number of sulfonamides is 1. The molecule has 0 amide bonds. The van der Waals surface area contributed by atoms with Gasteiger partial charge < -0.3 is 5.73 Å². The number of nitrogens with one attached hydrogen (secondary N) is 1. The molecule has 0 fully saturated rings. The monoisotopic (exact) mass is 358 g/mol. The molecule has 0 bridgehead atoms. The van der Waals surface area contributed by atoms with E-state index >= 15 is 0 Å². The maximum atomic E-state index is 13.7. The lowest BCUT2D eigenvalue weighted by Crippen LogP contribution is -2.24. The van der Waals surface area contributed by atoms with Crippen molar-refractivity contribution in [3.8, 4) is 0 Å². The van der Waals surface area contributed by atoms with Gasteiger partial charge >= 0.3 is 0 Å². The van der Waals surface area contributed by atoms with Crippen LogP contribution in [-0.2, 0) is 16.6 Å². The van der Waals surface area contributed by atoms with Gasteiger partial charge in [0.1, 0.15) is 10.7 Å². The summed E-state index contributed by atoms with van der Waals surface area (Å²) in [6.45, 7) is 0.0819. The highest BCUT2D eigenvalue weighted by Gasteiger charge is 2.20. The Morgan fingerprint density at radius 3 is 2.50 bits per heavy atom. The molecule has 2 aromatic carbocycles. The SMILES string of the molecule is Nc1cc(S(=O)(=O)NCc2ccccc2)c(F)cc1Br. The lowest BCUT2D eigenvalue weighted by atomic mass is 10.2. The fourth-order valence-corrected chi connectivity index (χ4v) is 3.03. The summed E-state index contributed by atoms with van der Waals surface area (Å²) in [5.74, 6) is -0.855. The molecule has 20 heavy (non-hydrogen) atoms. The van der Waals surface area contributed by atoms with Crippen molar-refractivity contribution in [2.45, 2.75) is 11.4 Å². The molecule has 0 aliphatic rings. The zero-order valence-electron chi connectivity index (χ0n) is 10.3. The molecule has 0 spiro atoms. The number of anilines is 1. The van der Waals surface area contributed by atoms with E-state index in [0.29, 0.717) is 4.47 Å². The van der Waals surface area contributed by atoms with Crippen LogP contribution < -0.4 is 10.5 Å². The topological polar surface area (TPSA) is 72.2 Å². The number of hydrogen-bond donors (Lipinski definition) is 2. The van der Waals surface area contributed by atoms with Gasteiger partial charge in [0.2, 0.25) is 10.0 Å². The molecule has 0 saturated carbocycles. The first-order valence-electron chi connectivity index (χ1n) is 5.68. The van der Waals surface area contributed by atoms with Crippen LogP contribution in [0.15, 0.2) is 51.8 Å². The average molecular weight is 359 g/mol. The molecule has 7 heteroatoms. The predicted octanol–water partition coefficient (Wildman–Crippen LogP) is 2.65. The van der Waals surface area contributed by atoms with Crippen molar-refractivity contribution in [1.82, 2.24) is 4.72 Å². The molecule has 2 rings (SSSR count). The number of hydrogen-bond acceptors (Lipinski definition) is 3. The predicted molar refractivity (Wildman–Crippen MR) is 79.0 cm³/mol. The van der Waals surface area contributed by atoms with E-state index in [4.69, 9.17) is 5.73 Å². The zero-order chi connectivity index (χ0) is 14.8. The Hall–Kier alpha value is -1.44. The highest BCUT2D eigenvalue weighted by atomic mass is 79.9. The fraction of sp³-hybridized carbons (Fsp3) is 0.0769. The van der Waals surface area contributed by atoms with E-state index in [9.17, 15) is 12.8 Å². The van der Waals surface area contributed by atoms with Crippen molar-refractivity contribution >= 4 is 31.6 Å². The van der Waals surface area contributed by atoms with Crippen molar-refractivity contribution in [2.75, 3.05) is 5.73 Å². The number of benzene rings is 2. The highest BCUT2D eigenvalue weighted by Crippen LogP contribution is 2.26. The van der Waals surface area contributed by atoms with Crippen molar-refractivity contribution in [3.05, 3.63) is 58.3 Å². The first-order valence-corrected chi connectivity index (χ1v) is 7.96. The van der Waals surface area contributed by atoms with Gasteiger partial charge in [-0.15, -0.1) is 0 Å². The normalized spacial score (nSPS) is 11.5. The summed E-state index contributed by atoms with van der Waals surface area (Å²) in [5, 5.41) is 0. The maximum absolute atomic E-state index is 13.7. The minimum atomic E-state index is -3.95. The molecule has 3 N–H and O–H groups in total. The summed E-state index contributed by atoms with van der Waals surface area (Å²) in [6.07, 6.45) is 0. The van der Waals surface area contributed by atoms with Gasteiger partial charge in [0, 0.05) is 16.7 Å². The molecule has 106 valence electrons. The number of rotatable bonds is 4. The van der Waals surface area contributed by atoms with Gasteiger partial charge in [-0.1, -0.05) is 30.3 Å². The molecule has 4 nitrogen and oxygen atoms in total. The third-order valence-corrected chi connectivity index (χ3v) is 4.75. The van der Waals surface area contributed by atoms with Crippen LogP contribution in [-0.4, -0.2) is 8.42 Å². The Morgan fingerprint density at radius 1 is 1.20 bits per heavy atom. The third kappa shape index (κ3) is 3.36. The Labute approximate surface area is 125 Å². The summed E-state index contributed by atoms with van der Waals surface area (Å²) in [5.41, 5.74) is 6.53. The maximum Gasteiger partial charge on any atom is 0.243 e. The van der Waals surface area contributed by atoms with Crippen LogP contribution in [0, 0.1) is 5.82 Å². The van der Waals surface area contributed by atoms with Gasteiger partial charge in [0.05, 0.1) is 0 Å². The van der Waals surface area contributed by atoms with Gasteiger partial charge in [0.15, 0.2) is 0 Å². The van der Waals surface area contributed by atoms with E-state index in [1.807, 2.05) is 6.07 Å². The summed E-state index contributed by atoms with van der Waals surface area (Å²) >= 11 is 3.04. The Bertz CT molecular complexity index is 721. The van der Waals surface area contributed by atoms with Crippen LogP contribution in [0.5, 0.6) is 0 Å². The van der Waals surface area contributed by atoms with Crippen LogP contribution in [0.1, 0.15) is 5.56 Å². The van der Waals surface area contributed by atoms with Gasteiger partial charge in [0.25, 0.3) is 0 Å². The van der Waals surface area contributed by atoms with E-state index < -0.39 is 20.7 Å². The lowest BCUT2D eigenvalue weighted by Gasteiger charge is -2.09. The molecular formula is C13H12BrFN2O2S. The Kier molecular flexibility index (Phi) is 4.42. The van der Waals surface area contributed by atoms with Crippen LogP contribution in [0.25, 0.3) is 0 Å². The van der Waals surface area contributed by atoms with E-state index in [0.717, 1.165) is 17.7 Å². The van der Waals surface area contributed by atoms with Crippen molar-refractivity contribution in [1.29, 1.82) is 0 Å². The Balaban J connectivity index is 2.25. The molecule has 0 aromatic heterocycles. The molecule has 0 saturated heterocycles. The largest absolute Gasteiger partial charge is 0.398 e. The van der Waals surface area contributed by atoms with Crippen LogP contribution >= 0.6 is 15.9 Å². The highest BCUT2D eigenvalue weighted by molar-refractivity contribution is 9.10.